The molecule has 11 heavy (non-hydrogen) atoms. The van der Waals surface area contributed by atoms with E-state index in [1.165, 1.54) is 6.66 Å². The summed E-state index contributed by atoms with van der Waals surface area (Å²) in [5, 5.41) is 8.27. The van der Waals surface area contributed by atoms with Crippen molar-refractivity contribution in [2.24, 2.45) is 0 Å². The zero-order chi connectivity index (χ0) is 8.91. The van der Waals surface area contributed by atoms with Crippen LogP contribution in [0.25, 0.3) is 0 Å². The highest BCUT2D eigenvalue weighted by atomic mass is 31.2. The van der Waals surface area contributed by atoms with Gasteiger partial charge in [0.1, 0.15) is 0 Å². The Morgan fingerprint density at radius 3 is 2.55 bits per heavy atom. The van der Waals surface area contributed by atoms with Gasteiger partial charge in [0.05, 0.1) is 13.0 Å². The maximum absolute atomic E-state index is 11.2. The van der Waals surface area contributed by atoms with E-state index in [1.807, 2.05) is 0 Å². The smallest absolute Gasteiger partial charge is 0.303 e. The highest BCUT2D eigenvalue weighted by Crippen LogP contribution is 2.42. The largest absolute Gasteiger partial charge is 0.481 e. The molecule has 5 heteroatoms. The Morgan fingerprint density at radius 1 is 1.64 bits per heavy atom. The fraction of sp³-hybridized carbons (Fsp3) is 0.833. The maximum Gasteiger partial charge on any atom is 0.303 e. The number of hydrogen-bond acceptors (Lipinski definition) is 3. The molecule has 1 atom stereocenters. The first-order valence-corrected chi connectivity index (χ1v) is 5.66. The Balaban J connectivity index is 3.73. The van der Waals surface area contributed by atoms with Crippen molar-refractivity contribution in [1.29, 1.82) is 0 Å². The molecule has 0 rings (SSSR count). The fourth-order valence-electron chi connectivity index (χ4n) is 0.636. The predicted molar refractivity (Wildman–Crippen MR) is 42.3 cm³/mol. The lowest BCUT2D eigenvalue weighted by atomic mass is 10.5. The summed E-state index contributed by atoms with van der Waals surface area (Å²) in [6.45, 7) is 3.56. The summed E-state index contributed by atoms with van der Waals surface area (Å²) < 4.78 is 16.1. The van der Waals surface area contributed by atoms with Gasteiger partial charge in [-0.2, -0.15) is 0 Å². The van der Waals surface area contributed by atoms with Gasteiger partial charge in [-0.05, 0) is 6.92 Å². The molecular weight excluding hydrogens is 167 g/mol. The molecule has 0 saturated carbocycles. The Morgan fingerprint density at radius 2 is 2.18 bits per heavy atom. The number of aliphatic carboxylic acids is 1. The van der Waals surface area contributed by atoms with Gasteiger partial charge in [0.15, 0.2) is 0 Å². The molecule has 0 aromatic heterocycles. The zero-order valence-corrected chi connectivity index (χ0v) is 7.63. The molecule has 0 fully saturated rings. The summed E-state index contributed by atoms with van der Waals surface area (Å²) in [4.78, 5) is 10.1. The number of carbonyl (C=O) groups is 1. The van der Waals surface area contributed by atoms with Crippen molar-refractivity contribution >= 4 is 13.3 Å². The van der Waals surface area contributed by atoms with Gasteiger partial charge in [0.2, 0.25) is 7.37 Å². The monoisotopic (exact) mass is 180 g/mol. The van der Waals surface area contributed by atoms with Gasteiger partial charge in [-0.25, -0.2) is 0 Å². The van der Waals surface area contributed by atoms with Crippen LogP contribution in [0, 0.1) is 0 Å². The highest BCUT2D eigenvalue weighted by Gasteiger charge is 2.16. The SMILES string of the molecule is CCO[P@@](C)(=O)CCC(=O)O. The molecule has 0 aliphatic rings. The molecule has 66 valence electrons. The van der Waals surface area contributed by atoms with Crippen LogP contribution in [0.2, 0.25) is 0 Å². The van der Waals surface area contributed by atoms with E-state index < -0.39 is 13.3 Å². The van der Waals surface area contributed by atoms with Gasteiger partial charge in [0.25, 0.3) is 0 Å². The van der Waals surface area contributed by atoms with Crippen molar-refractivity contribution in [3.8, 4) is 0 Å². The summed E-state index contributed by atoms with van der Waals surface area (Å²) in [5.41, 5.74) is 0. The third-order valence-corrected chi connectivity index (χ3v) is 2.97. The van der Waals surface area contributed by atoms with E-state index in [4.69, 9.17) is 9.63 Å². The van der Waals surface area contributed by atoms with Crippen LogP contribution in [0.4, 0.5) is 0 Å². The van der Waals surface area contributed by atoms with Gasteiger partial charge in [-0.15, -0.1) is 0 Å². The van der Waals surface area contributed by atoms with Crippen LogP contribution in [-0.4, -0.2) is 30.5 Å². The average Bonchev–Trinajstić information content (AvgIpc) is 1.84. The Kier molecular flexibility index (Phi) is 4.38. The van der Waals surface area contributed by atoms with Crippen LogP contribution in [0.1, 0.15) is 13.3 Å². The van der Waals surface area contributed by atoms with Gasteiger partial charge < -0.3 is 9.63 Å². The van der Waals surface area contributed by atoms with E-state index in [9.17, 15) is 9.36 Å². The van der Waals surface area contributed by atoms with Crippen LogP contribution in [0.3, 0.4) is 0 Å². The van der Waals surface area contributed by atoms with Gasteiger partial charge >= 0.3 is 5.97 Å². The molecule has 0 heterocycles. The average molecular weight is 180 g/mol. The third-order valence-electron chi connectivity index (χ3n) is 1.13. The minimum atomic E-state index is -2.63. The van der Waals surface area contributed by atoms with Crippen LogP contribution in [-0.2, 0) is 13.9 Å². The highest BCUT2D eigenvalue weighted by molar-refractivity contribution is 7.58. The molecule has 0 saturated heterocycles. The standard InChI is InChI=1S/C6H13O4P/c1-3-10-11(2,9)5-4-6(7)8/h3-5H2,1-2H3,(H,7,8)/t11-/m1/s1. The van der Waals surface area contributed by atoms with Crippen LogP contribution < -0.4 is 0 Å². The lowest BCUT2D eigenvalue weighted by Gasteiger charge is -2.09. The quantitative estimate of drug-likeness (QED) is 0.649. The lowest BCUT2D eigenvalue weighted by Crippen LogP contribution is -2.01. The Hall–Kier alpha value is -0.340. The molecular formula is C6H13O4P. The molecule has 0 aromatic rings. The normalized spacial score (nSPS) is 15.8. The van der Waals surface area contributed by atoms with Crippen molar-refractivity contribution in [1.82, 2.24) is 0 Å². The first-order chi connectivity index (χ1) is 4.98. The predicted octanol–water partition coefficient (Wildman–Crippen LogP) is 1.41. The zero-order valence-electron chi connectivity index (χ0n) is 6.74. The van der Waals surface area contributed by atoms with Gasteiger partial charge in [-0.1, -0.05) is 0 Å². The maximum atomic E-state index is 11.2. The molecule has 0 unspecified atom stereocenters. The van der Waals surface area contributed by atoms with E-state index in [1.54, 1.807) is 6.92 Å². The third kappa shape index (κ3) is 6.07. The van der Waals surface area contributed by atoms with Crippen LogP contribution >= 0.6 is 7.37 Å². The first kappa shape index (κ1) is 10.7. The van der Waals surface area contributed by atoms with Gasteiger partial charge in [-0.3, -0.25) is 9.36 Å². The summed E-state index contributed by atoms with van der Waals surface area (Å²) in [6, 6.07) is 0. The molecule has 0 amide bonds. The second-order valence-electron chi connectivity index (χ2n) is 2.30. The number of carboxylic acid groups (broad SMARTS) is 1. The van der Waals surface area contributed by atoms with E-state index >= 15 is 0 Å². The van der Waals surface area contributed by atoms with E-state index in [-0.39, 0.29) is 12.6 Å². The van der Waals surface area contributed by atoms with E-state index in [0.29, 0.717) is 6.61 Å². The lowest BCUT2D eigenvalue weighted by molar-refractivity contribution is -0.136. The Bertz CT molecular complexity index is 177. The van der Waals surface area contributed by atoms with Crippen LogP contribution in [0.5, 0.6) is 0 Å². The van der Waals surface area contributed by atoms with Crippen LogP contribution in [0.15, 0.2) is 0 Å². The minimum absolute atomic E-state index is 0.0895. The molecule has 0 aromatic carbocycles. The molecule has 1 N–H and O–H groups in total. The molecule has 0 bridgehead atoms. The minimum Gasteiger partial charge on any atom is -0.481 e. The summed E-state index contributed by atoms with van der Waals surface area (Å²) in [6.07, 6.45) is 0.0317. The topological polar surface area (TPSA) is 63.6 Å². The number of carboxylic acids is 1. The van der Waals surface area contributed by atoms with E-state index in [0.717, 1.165) is 0 Å². The molecule has 4 nitrogen and oxygen atoms in total. The summed E-state index contributed by atoms with van der Waals surface area (Å²) >= 11 is 0. The molecule has 0 spiro atoms. The molecule has 0 aliphatic carbocycles. The van der Waals surface area contributed by atoms with Crippen molar-refractivity contribution in [3.05, 3.63) is 0 Å². The number of hydrogen-bond donors (Lipinski definition) is 1. The van der Waals surface area contributed by atoms with Gasteiger partial charge in [0, 0.05) is 12.8 Å². The summed E-state index contributed by atoms with van der Waals surface area (Å²) in [7, 11) is -2.63. The van der Waals surface area contributed by atoms with Crippen molar-refractivity contribution in [3.63, 3.8) is 0 Å². The summed E-state index contributed by atoms with van der Waals surface area (Å²) in [5.74, 6) is -0.938. The van der Waals surface area contributed by atoms with E-state index in [2.05, 4.69) is 0 Å². The fourth-order valence-corrected chi connectivity index (χ4v) is 1.91. The second-order valence-corrected chi connectivity index (χ2v) is 5.03. The number of rotatable bonds is 5. The van der Waals surface area contributed by atoms with Crippen molar-refractivity contribution in [2.45, 2.75) is 13.3 Å². The second kappa shape index (κ2) is 4.52. The van der Waals surface area contributed by atoms with Crippen molar-refractivity contribution in [2.75, 3.05) is 19.4 Å². The van der Waals surface area contributed by atoms with Crippen molar-refractivity contribution < 1.29 is 19.0 Å². The molecule has 0 aliphatic heterocycles. The Labute approximate surface area is 66.0 Å². The first-order valence-electron chi connectivity index (χ1n) is 3.41. The molecule has 0 radical (unpaired) electrons.